The van der Waals surface area contributed by atoms with Crippen LogP contribution in [-0.4, -0.2) is 18.0 Å². The summed E-state index contributed by atoms with van der Waals surface area (Å²) in [5, 5.41) is 6.73. The quantitative estimate of drug-likeness (QED) is 0.354. The Morgan fingerprint density at radius 2 is 1.90 bits per heavy atom. The first kappa shape index (κ1) is 20.2. The van der Waals surface area contributed by atoms with Crippen molar-refractivity contribution in [2.75, 3.05) is 0 Å². The summed E-state index contributed by atoms with van der Waals surface area (Å²) in [5.74, 6) is -0.654. The van der Waals surface area contributed by atoms with Gasteiger partial charge in [0.1, 0.15) is 18.1 Å². The molecule has 29 heavy (non-hydrogen) atoms. The van der Waals surface area contributed by atoms with Crippen LogP contribution < -0.4 is 15.5 Å². The monoisotopic (exact) mass is 411 g/mol. The van der Waals surface area contributed by atoms with E-state index < -0.39 is 11.8 Å². The molecular formula is C21H18ClN3O4. The van der Waals surface area contributed by atoms with E-state index in [-0.39, 0.29) is 6.54 Å². The number of carbonyl (C=O) groups is 2. The molecule has 0 aliphatic carbocycles. The number of carbonyl (C=O) groups excluding carboxylic acids is 2. The maximum atomic E-state index is 11.8. The number of hydrogen-bond donors (Lipinski definition) is 2. The Bertz CT molecular complexity index is 988. The fourth-order valence-electron chi connectivity index (χ4n) is 2.36. The molecule has 1 heterocycles. The topological polar surface area (TPSA) is 92.9 Å². The molecule has 2 aromatic carbocycles. The molecule has 0 saturated heterocycles. The van der Waals surface area contributed by atoms with E-state index in [9.17, 15) is 9.59 Å². The SMILES string of the molecule is O=C(NCc1ccco1)C(=O)N/N=C\c1cc(Cl)ccc1OCc1ccccc1. The van der Waals surface area contributed by atoms with Crippen molar-refractivity contribution in [3.63, 3.8) is 0 Å². The van der Waals surface area contributed by atoms with Crippen LogP contribution >= 0.6 is 11.6 Å². The summed E-state index contributed by atoms with van der Waals surface area (Å²) in [4.78, 5) is 23.6. The number of hydrazone groups is 1. The molecule has 0 aliphatic rings. The average Bonchev–Trinajstić information content (AvgIpc) is 3.26. The van der Waals surface area contributed by atoms with E-state index in [4.69, 9.17) is 20.8 Å². The van der Waals surface area contributed by atoms with Crippen molar-refractivity contribution in [1.82, 2.24) is 10.7 Å². The number of ether oxygens (including phenoxy) is 1. The molecule has 0 bridgehead atoms. The Hall–Kier alpha value is -3.58. The lowest BCUT2D eigenvalue weighted by atomic mass is 10.2. The maximum absolute atomic E-state index is 11.8. The summed E-state index contributed by atoms with van der Waals surface area (Å²) in [5.41, 5.74) is 3.74. The van der Waals surface area contributed by atoms with E-state index in [1.807, 2.05) is 30.3 Å². The van der Waals surface area contributed by atoms with Crippen LogP contribution in [0.1, 0.15) is 16.9 Å². The molecule has 2 amide bonds. The molecule has 0 unspecified atom stereocenters. The van der Waals surface area contributed by atoms with E-state index in [1.165, 1.54) is 12.5 Å². The van der Waals surface area contributed by atoms with Crippen molar-refractivity contribution in [1.29, 1.82) is 0 Å². The first-order valence-corrected chi connectivity index (χ1v) is 9.09. The summed E-state index contributed by atoms with van der Waals surface area (Å²) in [6.07, 6.45) is 2.85. The van der Waals surface area contributed by atoms with Gasteiger partial charge in [0.05, 0.1) is 19.0 Å². The lowest BCUT2D eigenvalue weighted by Gasteiger charge is -2.09. The van der Waals surface area contributed by atoms with Crippen LogP contribution in [0.3, 0.4) is 0 Å². The summed E-state index contributed by atoms with van der Waals surface area (Å²) in [6, 6.07) is 18.1. The van der Waals surface area contributed by atoms with Crippen LogP contribution in [-0.2, 0) is 22.7 Å². The molecule has 0 radical (unpaired) electrons. The van der Waals surface area contributed by atoms with Gasteiger partial charge >= 0.3 is 11.8 Å². The zero-order valence-electron chi connectivity index (χ0n) is 15.3. The van der Waals surface area contributed by atoms with Gasteiger partial charge in [0.15, 0.2) is 0 Å². The minimum Gasteiger partial charge on any atom is -0.488 e. The van der Waals surface area contributed by atoms with Gasteiger partial charge in [-0.2, -0.15) is 5.10 Å². The fourth-order valence-corrected chi connectivity index (χ4v) is 2.54. The summed E-state index contributed by atoms with van der Waals surface area (Å²) in [6.45, 7) is 0.472. The molecule has 0 fully saturated rings. The highest BCUT2D eigenvalue weighted by Gasteiger charge is 2.12. The van der Waals surface area contributed by atoms with E-state index in [1.54, 1.807) is 30.3 Å². The van der Waals surface area contributed by atoms with Gasteiger partial charge in [-0.25, -0.2) is 5.43 Å². The molecule has 8 heteroatoms. The number of rotatable bonds is 7. The Labute approximate surface area is 172 Å². The van der Waals surface area contributed by atoms with Gasteiger partial charge in [-0.1, -0.05) is 41.9 Å². The number of halogens is 1. The predicted octanol–water partition coefficient (Wildman–Crippen LogP) is 3.28. The van der Waals surface area contributed by atoms with Crippen molar-refractivity contribution in [2.24, 2.45) is 5.10 Å². The Morgan fingerprint density at radius 3 is 2.66 bits per heavy atom. The van der Waals surface area contributed by atoms with Crippen LogP contribution in [0, 0.1) is 0 Å². The highest BCUT2D eigenvalue weighted by Crippen LogP contribution is 2.22. The van der Waals surface area contributed by atoms with Gasteiger partial charge < -0.3 is 14.5 Å². The summed E-state index contributed by atoms with van der Waals surface area (Å²) < 4.78 is 10.9. The van der Waals surface area contributed by atoms with Gasteiger partial charge in [-0.05, 0) is 35.9 Å². The highest BCUT2D eigenvalue weighted by molar-refractivity contribution is 6.35. The second kappa shape index (κ2) is 10.1. The molecule has 3 rings (SSSR count). The van der Waals surface area contributed by atoms with E-state index in [0.29, 0.717) is 28.7 Å². The maximum Gasteiger partial charge on any atom is 0.329 e. The lowest BCUT2D eigenvalue weighted by molar-refractivity contribution is -0.139. The van der Waals surface area contributed by atoms with Crippen molar-refractivity contribution in [2.45, 2.75) is 13.2 Å². The Morgan fingerprint density at radius 1 is 1.07 bits per heavy atom. The smallest absolute Gasteiger partial charge is 0.329 e. The van der Waals surface area contributed by atoms with E-state index >= 15 is 0 Å². The van der Waals surface area contributed by atoms with Crippen molar-refractivity contribution in [3.8, 4) is 5.75 Å². The Balaban J connectivity index is 1.56. The van der Waals surface area contributed by atoms with Crippen LogP contribution in [0.4, 0.5) is 0 Å². The number of benzene rings is 2. The molecule has 0 saturated carbocycles. The third-order valence-electron chi connectivity index (χ3n) is 3.79. The number of furan rings is 1. The Kier molecular flexibility index (Phi) is 7.02. The third kappa shape index (κ3) is 6.22. The van der Waals surface area contributed by atoms with Crippen LogP contribution in [0.25, 0.3) is 0 Å². The molecule has 148 valence electrons. The van der Waals surface area contributed by atoms with Crippen molar-refractivity contribution >= 4 is 29.6 Å². The van der Waals surface area contributed by atoms with E-state index in [2.05, 4.69) is 15.8 Å². The van der Waals surface area contributed by atoms with Gasteiger partial charge in [-0.3, -0.25) is 9.59 Å². The molecule has 0 spiro atoms. The number of hydrogen-bond acceptors (Lipinski definition) is 5. The van der Waals surface area contributed by atoms with Crippen LogP contribution in [0.2, 0.25) is 5.02 Å². The lowest BCUT2D eigenvalue weighted by Crippen LogP contribution is -2.37. The number of amides is 2. The van der Waals surface area contributed by atoms with Crippen molar-refractivity contribution < 1.29 is 18.7 Å². The molecule has 1 aromatic heterocycles. The number of nitrogens with zero attached hydrogens (tertiary/aromatic N) is 1. The van der Waals surface area contributed by atoms with Gasteiger partial charge in [-0.15, -0.1) is 0 Å². The molecular weight excluding hydrogens is 394 g/mol. The van der Waals surface area contributed by atoms with Crippen LogP contribution in [0.15, 0.2) is 76.4 Å². The standard InChI is InChI=1S/C21H18ClN3O4/c22-17-8-9-19(29-14-15-5-2-1-3-6-15)16(11-17)12-24-25-21(27)20(26)23-13-18-7-4-10-28-18/h1-12H,13-14H2,(H,23,26)(H,25,27)/b24-12-. The van der Waals surface area contributed by atoms with Gasteiger partial charge in [0.25, 0.3) is 0 Å². The first-order valence-electron chi connectivity index (χ1n) is 8.72. The summed E-state index contributed by atoms with van der Waals surface area (Å²) in [7, 11) is 0. The largest absolute Gasteiger partial charge is 0.488 e. The minimum absolute atomic E-state index is 0.106. The second-order valence-corrected chi connectivity index (χ2v) is 6.35. The van der Waals surface area contributed by atoms with Gasteiger partial charge in [0, 0.05) is 10.6 Å². The molecule has 2 N–H and O–H groups in total. The molecule has 7 nitrogen and oxygen atoms in total. The zero-order valence-corrected chi connectivity index (χ0v) is 16.1. The normalized spacial score (nSPS) is 10.7. The zero-order chi connectivity index (χ0) is 20.5. The highest BCUT2D eigenvalue weighted by atomic mass is 35.5. The average molecular weight is 412 g/mol. The number of nitrogens with one attached hydrogen (secondary N) is 2. The van der Waals surface area contributed by atoms with Crippen LogP contribution in [0.5, 0.6) is 5.75 Å². The molecule has 3 aromatic rings. The second-order valence-electron chi connectivity index (χ2n) is 5.92. The third-order valence-corrected chi connectivity index (χ3v) is 4.02. The fraction of sp³-hybridized carbons (Fsp3) is 0.0952. The molecule has 0 aliphatic heterocycles. The van der Waals surface area contributed by atoms with Gasteiger partial charge in [0.2, 0.25) is 0 Å². The predicted molar refractivity (Wildman–Crippen MR) is 109 cm³/mol. The molecule has 0 atom stereocenters. The first-order chi connectivity index (χ1) is 14.1. The van der Waals surface area contributed by atoms with Crippen molar-refractivity contribution in [3.05, 3.63) is 88.8 Å². The van der Waals surface area contributed by atoms with E-state index in [0.717, 1.165) is 5.56 Å². The summed E-state index contributed by atoms with van der Waals surface area (Å²) >= 11 is 6.04. The minimum atomic E-state index is -0.901.